The second kappa shape index (κ2) is 6.01. The van der Waals surface area contributed by atoms with Gasteiger partial charge in [-0.3, -0.25) is 0 Å². The lowest BCUT2D eigenvalue weighted by molar-refractivity contribution is 0.281. The molecule has 108 valence electrons. The maximum Gasteiger partial charge on any atom is 0.243 e. The highest BCUT2D eigenvalue weighted by atomic mass is 32.2. The summed E-state index contributed by atoms with van der Waals surface area (Å²) in [5.74, 6) is -0.869. The van der Waals surface area contributed by atoms with E-state index >= 15 is 0 Å². The highest BCUT2D eigenvalue weighted by molar-refractivity contribution is 7.89. The molecule has 0 fully saturated rings. The van der Waals surface area contributed by atoms with Crippen molar-refractivity contribution in [2.45, 2.75) is 25.0 Å². The minimum atomic E-state index is -3.90. The molecule has 4 nitrogen and oxygen atoms in total. The van der Waals surface area contributed by atoms with Gasteiger partial charge in [-0.15, -0.1) is 11.3 Å². The lowest BCUT2D eigenvalue weighted by atomic mass is 10.2. The molecule has 0 saturated heterocycles. The average Bonchev–Trinajstić information content (AvgIpc) is 2.82. The van der Waals surface area contributed by atoms with Gasteiger partial charge in [0.15, 0.2) is 0 Å². The molecular formula is C13H14FNO3S2. The molecule has 0 aliphatic carbocycles. The van der Waals surface area contributed by atoms with Crippen LogP contribution in [0.1, 0.15) is 15.3 Å². The van der Waals surface area contributed by atoms with Gasteiger partial charge < -0.3 is 5.11 Å². The van der Waals surface area contributed by atoms with E-state index in [0.717, 1.165) is 21.9 Å². The van der Waals surface area contributed by atoms with Crippen LogP contribution in [0.4, 0.5) is 4.39 Å². The number of rotatable bonds is 5. The Balaban J connectivity index is 2.18. The van der Waals surface area contributed by atoms with E-state index in [4.69, 9.17) is 5.11 Å². The Kier molecular flexibility index (Phi) is 4.54. The lowest BCUT2D eigenvalue weighted by Gasteiger charge is -2.07. The summed E-state index contributed by atoms with van der Waals surface area (Å²) in [5.41, 5.74) is 0.329. The van der Waals surface area contributed by atoms with Crippen LogP contribution in [-0.4, -0.2) is 13.5 Å². The Morgan fingerprint density at radius 1 is 1.30 bits per heavy atom. The quantitative estimate of drug-likeness (QED) is 0.888. The van der Waals surface area contributed by atoms with Gasteiger partial charge in [0.2, 0.25) is 10.0 Å². The molecule has 2 N–H and O–H groups in total. The third kappa shape index (κ3) is 3.43. The zero-order chi connectivity index (χ0) is 14.8. The summed E-state index contributed by atoms with van der Waals surface area (Å²) in [6.07, 6.45) is 0. The molecule has 2 rings (SSSR count). The number of sulfonamides is 1. The van der Waals surface area contributed by atoms with Crippen LogP contribution in [0, 0.1) is 12.7 Å². The van der Waals surface area contributed by atoms with Crippen molar-refractivity contribution in [3.8, 4) is 0 Å². The Morgan fingerprint density at radius 3 is 2.60 bits per heavy atom. The van der Waals surface area contributed by atoms with Crippen LogP contribution in [0.3, 0.4) is 0 Å². The zero-order valence-corrected chi connectivity index (χ0v) is 12.4. The minimum Gasteiger partial charge on any atom is -0.392 e. The number of aryl methyl sites for hydroxylation is 1. The zero-order valence-electron chi connectivity index (χ0n) is 10.8. The number of hydrogen-bond acceptors (Lipinski definition) is 4. The molecule has 0 spiro atoms. The predicted octanol–water partition coefficient (Wildman–Crippen LogP) is 2.17. The number of hydrogen-bond donors (Lipinski definition) is 2. The lowest BCUT2D eigenvalue weighted by Crippen LogP contribution is -2.23. The molecule has 2 aromatic rings. The molecule has 7 heteroatoms. The molecule has 0 amide bonds. The van der Waals surface area contributed by atoms with Crippen molar-refractivity contribution in [3.05, 3.63) is 51.5 Å². The molecule has 1 heterocycles. The van der Waals surface area contributed by atoms with E-state index in [1.54, 1.807) is 0 Å². The molecule has 20 heavy (non-hydrogen) atoms. The summed E-state index contributed by atoms with van der Waals surface area (Å²) in [7, 11) is -3.90. The van der Waals surface area contributed by atoms with Gasteiger partial charge in [0, 0.05) is 16.3 Å². The number of aliphatic hydroxyl groups is 1. The molecule has 1 aromatic heterocycles. The second-order valence-electron chi connectivity index (χ2n) is 4.26. The second-order valence-corrected chi connectivity index (χ2v) is 7.37. The highest BCUT2D eigenvalue weighted by Crippen LogP contribution is 2.18. The van der Waals surface area contributed by atoms with Gasteiger partial charge >= 0.3 is 0 Å². The summed E-state index contributed by atoms with van der Waals surface area (Å²) in [4.78, 5) is 1.53. The average molecular weight is 315 g/mol. The van der Waals surface area contributed by atoms with Crippen LogP contribution in [0.15, 0.2) is 35.2 Å². The van der Waals surface area contributed by atoms with E-state index in [2.05, 4.69) is 4.72 Å². The van der Waals surface area contributed by atoms with Crippen molar-refractivity contribution in [2.75, 3.05) is 0 Å². The first-order valence-electron chi connectivity index (χ1n) is 5.86. The standard InChI is InChI=1S/C13H14FNO3S2/c1-9-2-4-11(19-9)7-15-20(17,18)13-5-3-10(8-16)6-12(13)14/h2-6,15-16H,7-8H2,1H3. The van der Waals surface area contributed by atoms with Gasteiger partial charge in [-0.2, -0.15) is 0 Å². The van der Waals surface area contributed by atoms with Crippen molar-refractivity contribution in [3.63, 3.8) is 0 Å². The van der Waals surface area contributed by atoms with Gasteiger partial charge in [0.1, 0.15) is 10.7 Å². The highest BCUT2D eigenvalue weighted by Gasteiger charge is 2.19. The first-order valence-corrected chi connectivity index (χ1v) is 8.16. The first kappa shape index (κ1) is 15.1. The summed E-state index contributed by atoms with van der Waals surface area (Å²) in [6.45, 7) is 1.72. The van der Waals surface area contributed by atoms with Crippen molar-refractivity contribution < 1.29 is 17.9 Å². The van der Waals surface area contributed by atoms with E-state index in [0.29, 0.717) is 5.56 Å². The molecule has 0 saturated carbocycles. The third-order valence-electron chi connectivity index (χ3n) is 2.70. The molecule has 0 bridgehead atoms. The van der Waals surface area contributed by atoms with E-state index in [1.165, 1.54) is 17.4 Å². The normalized spacial score (nSPS) is 11.8. The molecule has 0 atom stereocenters. The number of benzene rings is 1. The summed E-state index contributed by atoms with van der Waals surface area (Å²) < 4.78 is 40.1. The van der Waals surface area contributed by atoms with Gasteiger partial charge in [-0.05, 0) is 36.8 Å². The monoisotopic (exact) mass is 315 g/mol. The van der Waals surface area contributed by atoms with Crippen molar-refractivity contribution >= 4 is 21.4 Å². The third-order valence-corrected chi connectivity index (χ3v) is 5.14. The van der Waals surface area contributed by atoms with Crippen LogP contribution in [0.5, 0.6) is 0 Å². The van der Waals surface area contributed by atoms with Gasteiger partial charge in [-0.1, -0.05) is 6.07 Å². The largest absolute Gasteiger partial charge is 0.392 e. The summed E-state index contributed by atoms with van der Waals surface area (Å²) >= 11 is 1.48. The fraction of sp³-hybridized carbons (Fsp3) is 0.231. The Labute approximate surface area is 120 Å². The van der Waals surface area contributed by atoms with Gasteiger partial charge in [0.25, 0.3) is 0 Å². The number of aliphatic hydroxyl groups excluding tert-OH is 1. The maximum absolute atomic E-state index is 13.7. The molecule has 0 aliphatic heterocycles. The van der Waals surface area contributed by atoms with Crippen LogP contribution in [0.25, 0.3) is 0 Å². The summed E-state index contributed by atoms with van der Waals surface area (Å²) in [6, 6.07) is 7.28. The first-order chi connectivity index (χ1) is 9.42. The smallest absolute Gasteiger partial charge is 0.243 e. The van der Waals surface area contributed by atoms with Crippen LogP contribution < -0.4 is 4.72 Å². The molecular weight excluding hydrogens is 301 g/mol. The Morgan fingerprint density at radius 2 is 2.05 bits per heavy atom. The van der Waals surface area contributed by atoms with Crippen molar-refractivity contribution in [1.82, 2.24) is 4.72 Å². The Hall–Kier alpha value is -1.28. The maximum atomic E-state index is 13.7. The fourth-order valence-electron chi connectivity index (χ4n) is 1.68. The van der Waals surface area contributed by atoms with Crippen LogP contribution >= 0.6 is 11.3 Å². The van der Waals surface area contributed by atoms with E-state index in [1.807, 2.05) is 19.1 Å². The van der Waals surface area contributed by atoms with Gasteiger partial charge in [0.05, 0.1) is 6.61 Å². The molecule has 0 aliphatic rings. The van der Waals surface area contributed by atoms with Gasteiger partial charge in [-0.25, -0.2) is 17.5 Å². The molecule has 0 radical (unpaired) electrons. The minimum absolute atomic E-state index is 0.127. The van der Waals surface area contributed by atoms with E-state index in [-0.39, 0.29) is 13.2 Å². The van der Waals surface area contributed by atoms with Crippen LogP contribution in [0.2, 0.25) is 0 Å². The molecule has 0 unspecified atom stereocenters. The predicted molar refractivity (Wildman–Crippen MR) is 75.4 cm³/mol. The van der Waals surface area contributed by atoms with Crippen molar-refractivity contribution in [1.29, 1.82) is 0 Å². The topological polar surface area (TPSA) is 66.4 Å². The Bertz CT molecular complexity index is 710. The van der Waals surface area contributed by atoms with Crippen molar-refractivity contribution in [2.24, 2.45) is 0 Å². The number of nitrogens with one attached hydrogen (secondary N) is 1. The van der Waals surface area contributed by atoms with E-state index in [9.17, 15) is 12.8 Å². The fourth-order valence-corrected chi connectivity index (χ4v) is 3.67. The SMILES string of the molecule is Cc1ccc(CNS(=O)(=O)c2ccc(CO)cc2F)s1. The van der Waals surface area contributed by atoms with Crippen LogP contribution in [-0.2, 0) is 23.2 Å². The molecule has 1 aromatic carbocycles. The number of thiophene rings is 1. The number of halogens is 1. The van der Waals surface area contributed by atoms with E-state index < -0.39 is 20.7 Å². The summed E-state index contributed by atoms with van der Waals surface area (Å²) in [5, 5.41) is 8.88.